The summed E-state index contributed by atoms with van der Waals surface area (Å²) in [5, 5.41) is 0. The first-order chi connectivity index (χ1) is 9.64. The molecule has 1 saturated carbocycles. The summed E-state index contributed by atoms with van der Waals surface area (Å²) in [6.45, 7) is 0. The summed E-state index contributed by atoms with van der Waals surface area (Å²) in [6.07, 6.45) is 6.58. The molecule has 0 N–H and O–H groups in total. The molecule has 1 aliphatic heterocycles. The Morgan fingerprint density at radius 3 is 2.30 bits per heavy atom. The average Bonchev–Trinajstić information content (AvgIpc) is 2.60. The van der Waals surface area contributed by atoms with Crippen molar-refractivity contribution in [3.8, 4) is 0 Å². The molecule has 3 rings (SSSR count). The van der Waals surface area contributed by atoms with E-state index >= 15 is 0 Å². The van der Waals surface area contributed by atoms with Crippen molar-refractivity contribution in [1.29, 1.82) is 0 Å². The van der Waals surface area contributed by atoms with Crippen molar-refractivity contribution < 1.29 is 9.59 Å². The number of benzene rings is 1. The predicted molar refractivity (Wildman–Crippen MR) is 81.4 cm³/mol. The van der Waals surface area contributed by atoms with E-state index in [1.165, 1.54) is 17.7 Å². The molecule has 2 amide bonds. The summed E-state index contributed by atoms with van der Waals surface area (Å²) < 4.78 is 0.798. The maximum atomic E-state index is 12.9. The predicted octanol–water partition coefficient (Wildman–Crippen LogP) is 4.05. The summed E-state index contributed by atoms with van der Waals surface area (Å²) in [7, 11) is 0. The standard InChI is InChI=1S/C16H18BrNO2/c17-12-7-3-4-8-13(12)18-14(19)11-16(15(18)20)9-5-1-2-6-10-16/h3-4,7-8H,1-2,5-6,9-11H2. The number of carbonyl (C=O) groups is 2. The molecule has 106 valence electrons. The Morgan fingerprint density at radius 2 is 1.65 bits per heavy atom. The van der Waals surface area contributed by atoms with Crippen LogP contribution in [0.25, 0.3) is 0 Å². The van der Waals surface area contributed by atoms with Gasteiger partial charge in [-0.3, -0.25) is 9.59 Å². The van der Waals surface area contributed by atoms with E-state index in [2.05, 4.69) is 15.9 Å². The van der Waals surface area contributed by atoms with Gasteiger partial charge in [0.2, 0.25) is 11.8 Å². The highest BCUT2D eigenvalue weighted by atomic mass is 79.9. The smallest absolute Gasteiger partial charge is 0.240 e. The molecular formula is C16H18BrNO2. The van der Waals surface area contributed by atoms with E-state index < -0.39 is 5.41 Å². The zero-order valence-electron chi connectivity index (χ0n) is 11.4. The van der Waals surface area contributed by atoms with Gasteiger partial charge in [0.25, 0.3) is 0 Å². The van der Waals surface area contributed by atoms with E-state index in [0.29, 0.717) is 12.1 Å². The van der Waals surface area contributed by atoms with Gasteiger partial charge in [-0.2, -0.15) is 0 Å². The lowest BCUT2D eigenvalue weighted by atomic mass is 9.79. The van der Waals surface area contributed by atoms with Gasteiger partial charge >= 0.3 is 0 Å². The zero-order chi connectivity index (χ0) is 14.2. The normalized spacial score (nSPS) is 22.4. The molecule has 1 spiro atoms. The molecule has 1 aliphatic carbocycles. The third-order valence-corrected chi connectivity index (χ3v) is 5.22. The van der Waals surface area contributed by atoms with E-state index in [0.717, 1.165) is 30.2 Å². The number of carbonyl (C=O) groups excluding carboxylic acids is 2. The lowest BCUT2D eigenvalue weighted by molar-refractivity contribution is -0.126. The Morgan fingerprint density at radius 1 is 1.00 bits per heavy atom. The van der Waals surface area contributed by atoms with Crippen LogP contribution in [0.2, 0.25) is 0 Å². The number of imide groups is 1. The first-order valence-corrected chi connectivity index (χ1v) is 8.05. The molecule has 2 aliphatic rings. The Balaban J connectivity index is 1.96. The molecule has 1 aromatic carbocycles. The maximum Gasteiger partial charge on any atom is 0.240 e. The first kappa shape index (κ1) is 13.8. The van der Waals surface area contributed by atoms with Crippen molar-refractivity contribution in [2.75, 3.05) is 4.90 Å². The van der Waals surface area contributed by atoms with Gasteiger partial charge in [-0.15, -0.1) is 0 Å². The molecule has 1 heterocycles. The third-order valence-electron chi connectivity index (χ3n) is 4.55. The number of hydrogen-bond donors (Lipinski definition) is 0. The first-order valence-electron chi connectivity index (χ1n) is 7.26. The number of para-hydroxylation sites is 1. The fourth-order valence-corrected chi connectivity index (χ4v) is 3.93. The minimum absolute atomic E-state index is 0.0105. The fourth-order valence-electron chi connectivity index (χ4n) is 3.47. The molecule has 1 aromatic rings. The molecule has 0 bridgehead atoms. The Hall–Kier alpha value is -1.16. The Labute approximate surface area is 127 Å². The molecule has 0 aromatic heterocycles. The third kappa shape index (κ3) is 2.20. The van der Waals surface area contributed by atoms with Crippen molar-refractivity contribution in [3.05, 3.63) is 28.7 Å². The summed E-state index contributed by atoms with van der Waals surface area (Å²) in [6, 6.07) is 7.45. The fraction of sp³-hybridized carbons (Fsp3) is 0.500. The van der Waals surface area contributed by atoms with Gasteiger partial charge in [0.1, 0.15) is 0 Å². The topological polar surface area (TPSA) is 37.4 Å². The van der Waals surface area contributed by atoms with E-state index in [9.17, 15) is 9.59 Å². The number of nitrogens with zero attached hydrogens (tertiary/aromatic N) is 1. The highest BCUT2D eigenvalue weighted by molar-refractivity contribution is 9.10. The zero-order valence-corrected chi connectivity index (χ0v) is 13.0. The SMILES string of the molecule is O=C1CC2(CCCCCC2)C(=O)N1c1ccccc1Br. The lowest BCUT2D eigenvalue weighted by Crippen LogP contribution is -2.35. The van der Waals surface area contributed by atoms with Crippen molar-refractivity contribution in [3.63, 3.8) is 0 Å². The number of halogens is 1. The van der Waals surface area contributed by atoms with Crippen LogP contribution in [0.4, 0.5) is 5.69 Å². The van der Waals surface area contributed by atoms with Gasteiger partial charge in [0.15, 0.2) is 0 Å². The van der Waals surface area contributed by atoms with Crippen LogP contribution in [-0.4, -0.2) is 11.8 Å². The van der Waals surface area contributed by atoms with E-state index in [1.54, 1.807) is 0 Å². The van der Waals surface area contributed by atoms with Gasteiger partial charge in [0.05, 0.1) is 11.1 Å². The maximum absolute atomic E-state index is 12.9. The van der Waals surface area contributed by atoms with Gasteiger partial charge in [-0.25, -0.2) is 4.90 Å². The molecule has 0 unspecified atom stereocenters. The monoisotopic (exact) mass is 335 g/mol. The summed E-state index contributed by atoms with van der Waals surface area (Å²) in [4.78, 5) is 26.7. The van der Waals surface area contributed by atoms with E-state index in [-0.39, 0.29) is 11.8 Å². The quantitative estimate of drug-likeness (QED) is 0.726. The molecule has 3 nitrogen and oxygen atoms in total. The summed E-state index contributed by atoms with van der Waals surface area (Å²) in [5.41, 5.74) is 0.256. The molecule has 0 atom stereocenters. The number of amides is 2. The molecular weight excluding hydrogens is 318 g/mol. The van der Waals surface area contributed by atoms with Gasteiger partial charge in [0, 0.05) is 10.9 Å². The van der Waals surface area contributed by atoms with Crippen molar-refractivity contribution >= 4 is 33.4 Å². The molecule has 4 heteroatoms. The summed E-state index contributed by atoms with van der Waals surface area (Å²) in [5.74, 6) is -0.0416. The minimum atomic E-state index is -0.428. The van der Waals surface area contributed by atoms with Crippen LogP contribution in [0.5, 0.6) is 0 Å². The van der Waals surface area contributed by atoms with Crippen LogP contribution < -0.4 is 4.90 Å². The highest BCUT2D eigenvalue weighted by Gasteiger charge is 2.51. The average molecular weight is 336 g/mol. The van der Waals surface area contributed by atoms with Gasteiger partial charge in [-0.1, -0.05) is 37.8 Å². The number of rotatable bonds is 1. The van der Waals surface area contributed by atoms with Gasteiger partial charge < -0.3 is 0 Å². The highest BCUT2D eigenvalue weighted by Crippen LogP contribution is 2.46. The van der Waals surface area contributed by atoms with Crippen LogP contribution >= 0.6 is 15.9 Å². The van der Waals surface area contributed by atoms with Crippen LogP contribution in [0.3, 0.4) is 0 Å². The van der Waals surface area contributed by atoms with Crippen molar-refractivity contribution in [2.45, 2.75) is 44.9 Å². The Kier molecular flexibility index (Phi) is 3.67. The largest absolute Gasteiger partial charge is 0.274 e. The van der Waals surface area contributed by atoms with Crippen molar-refractivity contribution in [2.24, 2.45) is 5.41 Å². The second-order valence-corrected chi connectivity index (χ2v) is 6.71. The molecule has 2 fully saturated rings. The number of hydrogen-bond acceptors (Lipinski definition) is 2. The van der Waals surface area contributed by atoms with Crippen molar-refractivity contribution in [1.82, 2.24) is 0 Å². The second-order valence-electron chi connectivity index (χ2n) is 5.86. The van der Waals surface area contributed by atoms with Crippen LogP contribution in [-0.2, 0) is 9.59 Å². The van der Waals surface area contributed by atoms with Crippen LogP contribution in [0.1, 0.15) is 44.9 Å². The lowest BCUT2D eigenvalue weighted by Gasteiger charge is -2.25. The van der Waals surface area contributed by atoms with E-state index in [4.69, 9.17) is 0 Å². The Bertz CT molecular complexity index is 547. The molecule has 0 radical (unpaired) electrons. The molecule has 20 heavy (non-hydrogen) atoms. The summed E-state index contributed by atoms with van der Waals surface area (Å²) >= 11 is 3.44. The molecule has 1 saturated heterocycles. The van der Waals surface area contributed by atoms with Gasteiger partial charge in [-0.05, 0) is 40.9 Å². The van der Waals surface area contributed by atoms with Crippen LogP contribution in [0.15, 0.2) is 28.7 Å². The second kappa shape index (κ2) is 5.32. The minimum Gasteiger partial charge on any atom is -0.274 e. The number of anilines is 1. The van der Waals surface area contributed by atoms with E-state index in [1.807, 2.05) is 24.3 Å². The van der Waals surface area contributed by atoms with Crippen LogP contribution in [0, 0.1) is 5.41 Å².